The summed E-state index contributed by atoms with van der Waals surface area (Å²) in [5.41, 5.74) is 2.04. The second-order valence-electron chi connectivity index (χ2n) is 5.73. The average molecular weight is 463 g/mol. The molecule has 0 aliphatic carbocycles. The van der Waals surface area contributed by atoms with Crippen molar-refractivity contribution >= 4 is 55.4 Å². The number of benzene rings is 2. The van der Waals surface area contributed by atoms with Crippen LogP contribution in [-0.4, -0.2) is 25.7 Å². The molecule has 0 radical (unpaired) electrons. The number of carbonyl (C=O) groups is 1. The standard InChI is InChI=1S/C18H13BrClN5OS/c1-2-15-22-23-18-25(15)24-17(27-18)10-3-6-12(7-4-10)21-16(26)13-9-11(19)5-8-14(13)20/h3-9H,2H2,1H3,(H,21,26). The van der Waals surface area contributed by atoms with Gasteiger partial charge in [-0.15, -0.1) is 10.2 Å². The fraction of sp³-hybridized carbons (Fsp3) is 0.111. The molecule has 136 valence electrons. The molecular weight excluding hydrogens is 450 g/mol. The summed E-state index contributed by atoms with van der Waals surface area (Å²) in [6.45, 7) is 2.02. The summed E-state index contributed by atoms with van der Waals surface area (Å²) in [5, 5.41) is 16.9. The highest BCUT2D eigenvalue weighted by atomic mass is 79.9. The fourth-order valence-electron chi connectivity index (χ4n) is 2.56. The van der Waals surface area contributed by atoms with E-state index in [1.165, 1.54) is 11.3 Å². The van der Waals surface area contributed by atoms with Crippen LogP contribution in [0.25, 0.3) is 15.5 Å². The topological polar surface area (TPSA) is 72.2 Å². The zero-order valence-electron chi connectivity index (χ0n) is 14.1. The Morgan fingerprint density at radius 1 is 1.22 bits per heavy atom. The number of nitrogens with one attached hydrogen (secondary N) is 1. The lowest BCUT2D eigenvalue weighted by Gasteiger charge is -2.07. The second-order valence-corrected chi connectivity index (χ2v) is 8.01. The Balaban J connectivity index is 1.55. The van der Waals surface area contributed by atoms with Gasteiger partial charge in [0.25, 0.3) is 5.91 Å². The Hall–Kier alpha value is -2.29. The summed E-state index contributed by atoms with van der Waals surface area (Å²) in [4.78, 5) is 13.2. The molecule has 2 aromatic carbocycles. The first-order valence-corrected chi connectivity index (χ1v) is 10.1. The first-order valence-electron chi connectivity index (χ1n) is 8.13. The molecule has 0 unspecified atom stereocenters. The molecule has 0 aliphatic rings. The summed E-state index contributed by atoms with van der Waals surface area (Å²) in [6, 6.07) is 12.7. The van der Waals surface area contributed by atoms with Crippen molar-refractivity contribution in [2.24, 2.45) is 0 Å². The maximum atomic E-state index is 12.5. The average Bonchev–Trinajstić information content (AvgIpc) is 3.24. The lowest BCUT2D eigenvalue weighted by atomic mass is 10.2. The number of halogens is 2. The van der Waals surface area contributed by atoms with Crippen LogP contribution in [0.3, 0.4) is 0 Å². The number of fused-ring (bicyclic) bond motifs is 1. The quantitative estimate of drug-likeness (QED) is 0.459. The maximum absolute atomic E-state index is 12.5. The third kappa shape index (κ3) is 3.60. The number of aromatic nitrogens is 4. The minimum Gasteiger partial charge on any atom is -0.322 e. The fourth-order valence-corrected chi connectivity index (χ4v) is 3.99. The third-order valence-corrected chi connectivity index (χ3v) is 5.71. The van der Waals surface area contributed by atoms with Crippen molar-refractivity contribution in [1.29, 1.82) is 0 Å². The zero-order valence-corrected chi connectivity index (χ0v) is 17.3. The summed E-state index contributed by atoms with van der Waals surface area (Å²) >= 11 is 10.9. The molecule has 0 saturated carbocycles. The van der Waals surface area contributed by atoms with Crippen molar-refractivity contribution in [3.8, 4) is 10.6 Å². The predicted molar refractivity (Wildman–Crippen MR) is 111 cm³/mol. The van der Waals surface area contributed by atoms with E-state index in [0.29, 0.717) is 16.3 Å². The zero-order chi connectivity index (χ0) is 19.0. The van der Waals surface area contributed by atoms with Gasteiger partial charge in [-0.2, -0.15) is 9.61 Å². The summed E-state index contributed by atoms with van der Waals surface area (Å²) in [6.07, 6.45) is 0.771. The monoisotopic (exact) mass is 461 g/mol. The Bertz CT molecular complexity index is 1140. The van der Waals surface area contributed by atoms with Crippen LogP contribution in [0.1, 0.15) is 23.1 Å². The van der Waals surface area contributed by atoms with Gasteiger partial charge < -0.3 is 5.32 Å². The SMILES string of the molecule is CCc1nnc2sc(-c3ccc(NC(=O)c4cc(Br)ccc4Cl)cc3)nn12. The summed E-state index contributed by atoms with van der Waals surface area (Å²) in [7, 11) is 0. The molecule has 0 atom stereocenters. The molecule has 2 aromatic heterocycles. The van der Waals surface area contributed by atoms with Crippen LogP contribution >= 0.6 is 38.9 Å². The number of nitrogens with zero attached hydrogens (tertiary/aromatic N) is 4. The van der Waals surface area contributed by atoms with Crippen LogP contribution in [0.4, 0.5) is 5.69 Å². The van der Waals surface area contributed by atoms with E-state index in [2.05, 4.69) is 36.5 Å². The molecule has 6 nitrogen and oxygen atoms in total. The summed E-state index contributed by atoms with van der Waals surface area (Å²) < 4.78 is 2.56. The van der Waals surface area contributed by atoms with Crippen molar-refractivity contribution in [1.82, 2.24) is 19.8 Å². The highest BCUT2D eigenvalue weighted by molar-refractivity contribution is 9.10. The van der Waals surface area contributed by atoms with Gasteiger partial charge >= 0.3 is 0 Å². The molecule has 0 aliphatic heterocycles. The van der Waals surface area contributed by atoms with Gasteiger partial charge in [-0.3, -0.25) is 4.79 Å². The van der Waals surface area contributed by atoms with E-state index in [1.54, 1.807) is 22.7 Å². The largest absolute Gasteiger partial charge is 0.322 e. The van der Waals surface area contributed by atoms with Crippen LogP contribution in [0, 0.1) is 0 Å². The molecular formula is C18H13BrClN5OS. The Morgan fingerprint density at radius 2 is 2.00 bits per heavy atom. The van der Waals surface area contributed by atoms with Crippen molar-refractivity contribution < 1.29 is 4.79 Å². The molecule has 0 fully saturated rings. The van der Waals surface area contributed by atoms with Crippen LogP contribution in [0.2, 0.25) is 5.02 Å². The molecule has 27 heavy (non-hydrogen) atoms. The van der Waals surface area contributed by atoms with Crippen molar-refractivity contribution in [2.45, 2.75) is 13.3 Å². The maximum Gasteiger partial charge on any atom is 0.257 e. The lowest BCUT2D eigenvalue weighted by Crippen LogP contribution is -2.12. The van der Waals surface area contributed by atoms with E-state index < -0.39 is 0 Å². The van der Waals surface area contributed by atoms with Crippen LogP contribution in [-0.2, 0) is 6.42 Å². The molecule has 4 rings (SSSR count). The Morgan fingerprint density at radius 3 is 2.74 bits per heavy atom. The first kappa shape index (κ1) is 18.1. The van der Waals surface area contributed by atoms with E-state index >= 15 is 0 Å². The van der Waals surface area contributed by atoms with Crippen molar-refractivity contribution in [3.05, 3.63) is 63.3 Å². The number of rotatable bonds is 4. The molecule has 9 heteroatoms. The number of hydrogen-bond acceptors (Lipinski definition) is 5. The molecule has 0 saturated heterocycles. The van der Waals surface area contributed by atoms with Crippen molar-refractivity contribution in [3.63, 3.8) is 0 Å². The highest BCUT2D eigenvalue weighted by Crippen LogP contribution is 2.27. The molecule has 1 N–H and O–H groups in total. The van der Waals surface area contributed by atoms with E-state index in [-0.39, 0.29) is 5.91 Å². The van der Waals surface area contributed by atoms with E-state index in [4.69, 9.17) is 11.6 Å². The van der Waals surface area contributed by atoms with Gasteiger partial charge in [-0.25, -0.2) is 0 Å². The first-order chi connectivity index (χ1) is 13.0. The highest BCUT2D eigenvalue weighted by Gasteiger charge is 2.13. The summed E-state index contributed by atoms with van der Waals surface area (Å²) in [5.74, 6) is 0.572. The second kappa shape index (κ2) is 7.38. The minimum absolute atomic E-state index is 0.263. The van der Waals surface area contributed by atoms with Crippen molar-refractivity contribution in [2.75, 3.05) is 5.32 Å². The van der Waals surface area contributed by atoms with Crippen LogP contribution in [0.15, 0.2) is 46.9 Å². The van der Waals surface area contributed by atoms with Crippen LogP contribution < -0.4 is 5.32 Å². The van der Waals surface area contributed by atoms with Gasteiger partial charge in [0, 0.05) is 22.1 Å². The van der Waals surface area contributed by atoms with E-state index in [9.17, 15) is 4.79 Å². The Kier molecular flexibility index (Phi) is 4.94. The Labute approximate surface area is 172 Å². The predicted octanol–water partition coefficient (Wildman–Crippen LogP) is 5.08. The molecule has 0 bridgehead atoms. The van der Waals surface area contributed by atoms with Gasteiger partial charge in [-0.05, 0) is 42.5 Å². The number of carbonyl (C=O) groups excluding carboxylic acids is 1. The number of hydrogen-bond donors (Lipinski definition) is 1. The molecule has 4 aromatic rings. The van der Waals surface area contributed by atoms with Crippen LogP contribution in [0.5, 0.6) is 0 Å². The molecule has 2 heterocycles. The lowest BCUT2D eigenvalue weighted by molar-refractivity contribution is 0.102. The van der Waals surface area contributed by atoms with Gasteiger partial charge in [0.1, 0.15) is 5.01 Å². The normalized spacial score (nSPS) is 11.1. The van der Waals surface area contributed by atoms with E-state index in [0.717, 1.165) is 32.2 Å². The number of amides is 1. The smallest absolute Gasteiger partial charge is 0.257 e. The minimum atomic E-state index is -0.263. The third-order valence-electron chi connectivity index (χ3n) is 3.93. The van der Waals surface area contributed by atoms with Gasteiger partial charge in [0.2, 0.25) is 4.96 Å². The van der Waals surface area contributed by atoms with Gasteiger partial charge in [0.05, 0.1) is 10.6 Å². The van der Waals surface area contributed by atoms with Gasteiger partial charge in [0.15, 0.2) is 5.82 Å². The number of anilines is 1. The van der Waals surface area contributed by atoms with E-state index in [1.807, 2.05) is 31.2 Å². The number of aryl methyl sites for hydroxylation is 1. The molecule has 0 spiro atoms. The molecule has 1 amide bonds. The van der Waals surface area contributed by atoms with Gasteiger partial charge in [-0.1, -0.05) is 45.8 Å².